The maximum Gasteiger partial charge on any atom is 0.165 e. The van der Waals surface area contributed by atoms with E-state index in [0.29, 0.717) is 12.1 Å². The van der Waals surface area contributed by atoms with Crippen LogP contribution in [0, 0.1) is 5.82 Å². The Kier molecular flexibility index (Phi) is 3.92. The Balaban J connectivity index is 1.63. The van der Waals surface area contributed by atoms with Crippen LogP contribution in [0.1, 0.15) is 30.9 Å². The lowest BCUT2D eigenvalue weighted by Crippen LogP contribution is -2.47. The first-order chi connectivity index (χ1) is 9.63. The van der Waals surface area contributed by atoms with E-state index in [1.807, 2.05) is 0 Å². The Morgan fingerprint density at radius 1 is 1.40 bits per heavy atom. The Hall–Kier alpha value is -1.17. The summed E-state index contributed by atoms with van der Waals surface area (Å²) in [7, 11) is 0. The third-order valence-electron chi connectivity index (χ3n) is 3.94. The minimum absolute atomic E-state index is 0.161. The van der Waals surface area contributed by atoms with Gasteiger partial charge in [-0.25, -0.2) is 4.39 Å². The van der Waals surface area contributed by atoms with Gasteiger partial charge in [0.25, 0.3) is 0 Å². The van der Waals surface area contributed by atoms with E-state index in [2.05, 4.69) is 4.90 Å². The average Bonchev–Trinajstić information content (AvgIpc) is 3.19. The van der Waals surface area contributed by atoms with Crippen LogP contribution in [0.5, 0.6) is 5.75 Å². The second-order valence-electron chi connectivity index (χ2n) is 5.77. The van der Waals surface area contributed by atoms with Crippen molar-refractivity contribution in [2.75, 3.05) is 19.6 Å². The van der Waals surface area contributed by atoms with Gasteiger partial charge in [0.05, 0.1) is 12.2 Å². The van der Waals surface area contributed by atoms with Gasteiger partial charge < -0.3 is 20.5 Å². The molecule has 1 aliphatic heterocycles. The fourth-order valence-corrected chi connectivity index (χ4v) is 2.37. The van der Waals surface area contributed by atoms with Crippen molar-refractivity contribution in [3.05, 3.63) is 29.6 Å². The maximum absolute atomic E-state index is 13.9. The minimum atomic E-state index is -0.847. The molecule has 3 N–H and O–H groups in total. The van der Waals surface area contributed by atoms with Gasteiger partial charge in [-0.3, -0.25) is 0 Å². The molecule has 0 spiro atoms. The number of nitrogens with two attached hydrogens (primary N) is 1. The highest BCUT2D eigenvalue weighted by Crippen LogP contribution is 2.30. The lowest BCUT2D eigenvalue weighted by molar-refractivity contribution is 0.0953. The van der Waals surface area contributed by atoms with E-state index in [1.165, 1.54) is 12.5 Å². The first-order valence-corrected chi connectivity index (χ1v) is 7.25. The predicted octanol–water partition coefficient (Wildman–Crippen LogP) is 1.43. The molecule has 4 nitrogen and oxygen atoms in total. The Labute approximate surface area is 118 Å². The zero-order valence-electron chi connectivity index (χ0n) is 11.5. The molecule has 2 aliphatic rings. The van der Waals surface area contributed by atoms with Crippen LogP contribution in [0.3, 0.4) is 0 Å². The second kappa shape index (κ2) is 5.68. The summed E-state index contributed by atoms with van der Waals surface area (Å²) in [4.78, 5) is 2.19. The summed E-state index contributed by atoms with van der Waals surface area (Å²) in [6, 6.07) is 4.22. The molecule has 1 aromatic rings. The van der Waals surface area contributed by atoms with Crippen molar-refractivity contribution in [2.45, 2.75) is 37.5 Å². The van der Waals surface area contributed by atoms with Crippen LogP contribution in [0.2, 0.25) is 0 Å². The van der Waals surface area contributed by atoms with Crippen molar-refractivity contribution >= 4 is 0 Å². The van der Waals surface area contributed by atoms with Crippen molar-refractivity contribution in [1.82, 2.24) is 4.90 Å². The van der Waals surface area contributed by atoms with Crippen LogP contribution in [-0.2, 0) is 0 Å². The number of likely N-dealkylation sites (tertiary alicyclic amines) is 1. The second-order valence-corrected chi connectivity index (χ2v) is 5.77. The third-order valence-corrected chi connectivity index (χ3v) is 3.94. The van der Waals surface area contributed by atoms with Crippen LogP contribution in [0.15, 0.2) is 18.2 Å². The van der Waals surface area contributed by atoms with Gasteiger partial charge in [-0.05, 0) is 50.0 Å². The highest BCUT2D eigenvalue weighted by Gasteiger charge is 2.26. The molecular weight excluding hydrogens is 259 g/mol. The number of hydrogen-bond acceptors (Lipinski definition) is 4. The number of aliphatic hydroxyl groups excluding tert-OH is 1. The molecule has 2 fully saturated rings. The molecule has 5 heteroatoms. The molecule has 1 saturated heterocycles. The van der Waals surface area contributed by atoms with Crippen LogP contribution in [0.25, 0.3) is 0 Å². The van der Waals surface area contributed by atoms with Crippen LogP contribution < -0.4 is 10.5 Å². The van der Waals surface area contributed by atoms with Crippen molar-refractivity contribution in [1.29, 1.82) is 0 Å². The number of hydrogen-bond donors (Lipinski definition) is 2. The van der Waals surface area contributed by atoms with Gasteiger partial charge >= 0.3 is 0 Å². The Bertz CT molecular complexity index is 475. The minimum Gasteiger partial charge on any atom is -0.487 e. The number of aliphatic hydroxyl groups is 1. The molecule has 20 heavy (non-hydrogen) atoms. The summed E-state index contributed by atoms with van der Waals surface area (Å²) in [5, 5.41) is 10.2. The van der Waals surface area contributed by atoms with E-state index in [4.69, 9.17) is 10.5 Å². The molecule has 2 unspecified atom stereocenters. The Morgan fingerprint density at radius 2 is 2.15 bits per heavy atom. The van der Waals surface area contributed by atoms with E-state index in [1.54, 1.807) is 12.1 Å². The monoisotopic (exact) mass is 280 g/mol. The smallest absolute Gasteiger partial charge is 0.165 e. The Morgan fingerprint density at radius 3 is 2.70 bits per heavy atom. The third kappa shape index (κ3) is 3.11. The lowest BCUT2D eigenvalue weighted by atomic mass is 10.0. The van der Waals surface area contributed by atoms with Gasteiger partial charge in [0.2, 0.25) is 0 Å². The molecule has 3 rings (SSSR count). The molecule has 0 aromatic heterocycles. The van der Waals surface area contributed by atoms with E-state index < -0.39 is 18.0 Å². The maximum atomic E-state index is 13.9. The van der Waals surface area contributed by atoms with Gasteiger partial charge in [0.15, 0.2) is 11.6 Å². The number of halogens is 1. The van der Waals surface area contributed by atoms with E-state index >= 15 is 0 Å². The highest BCUT2D eigenvalue weighted by molar-refractivity contribution is 5.31. The normalized spacial score (nSPS) is 22.1. The van der Waals surface area contributed by atoms with Crippen LogP contribution in [-0.4, -0.2) is 41.8 Å². The molecule has 0 amide bonds. The average molecular weight is 280 g/mol. The summed E-state index contributed by atoms with van der Waals surface area (Å²) >= 11 is 0. The van der Waals surface area contributed by atoms with Crippen molar-refractivity contribution in [3.8, 4) is 5.75 Å². The van der Waals surface area contributed by atoms with Crippen molar-refractivity contribution in [2.24, 2.45) is 5.73 Å². The standard InChI is InChI=1S/C15H21FN2O2/c16-12-8-10(2-5-14(12)20-11-3-4-11)15(19)13(17)9-18-6-1-7-18/h2,5,8,11,13,15,19H,1,3-4,6-7,9,17H2. The lowest BCUT2D eigenvalue weighted by Gasteiger charge is -2.34. The predicted molar refractivity (Wildman–Crippen MR) is 74.0 cm³/mol. The van der Waals surface area contributed by atoms with Gasteiger partial charge in [0.1, 0.15) is 0 Å². The fourth-order valence-electron chi connectivity index (χ4n) is 2.37. The topological polar surface area (TPSA) is 58.7 Å². The number of ether oxygens (including phenoxy) is 1. The quantitative estimate of drug-likeness (QED) is 0.827. The summed E-state index contributed by atoms with van der Waals surface area (Å²) in [5.41, 5.74) is 6.51. The zero-order valence-corrected chi connectivity index (χ0v) is 11.5. The first kappa shape index (κ1) is 13.8. The number of rotatable bonds is 6. The van der Waals surface area contributed by atoms with Gasteiger partial charge in [-0.1, -0.05) is 6.07 Å². The first-order valence-electron chi connectivity index (χ1n) is 7.25. The van der Waals surface area contributed by atoms with Crippen molar-refractivity contribution in [3.63, 3.8) is 0 Å². The highest BCUT2D eigenvalue weighted by atomic mass is 19.1. The van der Waals surface area contributed by atoms with Gasteiger partial charge in [-0.2, -0.15) is 0 Å². The molecule has 1 aromatic carbocycles. The van der Waals surface area contributed by atoms with Crippen molar-refractivity contribution < 1.29 is 14.2 Å². The SMILES string of the molecule is NC(CN1CCC1)C(O)c1ccc(OC2CC2)c(F)c1. The van der Waals surface area contributed by atoms with Gasteiger partial charge in [0, 0.05) is 12.6 Å². The molecular formula is C15H21FN2O2. The van der Waals surface area contributed by atoms with Gasteiger partial charge in [-0.15, -0.1) is 0 Å². The van der Waals surface area contributed by atoms with E-state index in [0.717, 1.165) is 25.9 Å². The molecule has 1 heterocycles. The molecule has 0 radical (unpaired) electrons. The summed E-state index contributed by atoms with van der Waals surface area (Å²) in [6.45, 7) is 2.70. The summed E-state index contributed by atoms with van der Waals surface area (Å²) in [5.74, 6) is -0.163. The molecule has 1 saturated carbocycles. The summed E-state index contributed by atoms with van der Waals surface area (Å²) in [6.07, 6.45) is 2.48. The van der Waals surface area contributed by atoms with E-state index in [-0.39, 0.29) is 11.9 Å². The number of benzene rings is 1. The zero-order chi connectivity index (χ0) is 14.1. The van der Waals surface area contributed by atoms with E-state index in [9.17, 15) is 9.50 Å². The molecule has 110 valence electrons. The molecule has 2 atom stereocenters. The van der Waals surface area contributed by atoms with Crippen LogP contribution in [0.4, 0.5) is 4.39 Å². The van der Waals surface area contributed by atoms with Crippen LogP contribution >= 0.6 is 0 Å². The number of nitrogens with zero attached hydrogens (tertiary/aromatic N) is 1. The largest absolute Gasteiger partial charge is 0.487 e. The summed E-state index contributed by atoms with van der Waals surface area (Å²) < 4.78 is 19.4. The molecule has 1 aliphatic carbocycles. The molecule has 0 bridgehead atoms. The fraction of sp³-hybridized carbons (Fsp3) is 0.600.